The number of ether oxygens (including phenoxy) is 1. The molecule has 0 bridgehead atoms. The zero-order valence-electron chi connectivity index (χ0n) is 12.8. The van der Waals surface area contributed by atoms with E-state index in [1.807, 2.05) is 26.0 Å². The normalized spacial score (nSPS) is 10.8. The van der Waals surface area contributed by atoms with Crippen molar-refractivity contribution in [3.8, 4) is 0 Å². The van der Waals surface area contributed by atoms with E-state index in [1.54, 1.807) is 6.08 Å². The number of benzene rings is 1. The van der Waals surface area contributed by atoms with Crippen molar-refractivity contribution in [2.45, 2.75) is 33.6 Å². The average Bonchev–Trinajstić information content (AvgIpc) is 2.44. The molecule has 113 valence electrons. The number of esters is 1. The van der Waals surface area contributed by atoms with Gasteiger partial charge in [0.2, 0.25) is 0 Å². The maximum atomic E-state index is 12.0. The van der Waals surface area contributed by atoms with Gasteiger partial charge in [0.1, 0.15) is 5.70 Å². The Morgan fingerprint density at radius 1 is 1.43 bits per heavy atom. The van der Waals surface area contributed by atoms with Crippen LogP contribution in [0.3, 0.4) is 0 Å². The van der Waals surface area contributed by atoms with E-state index in [0.717, 1.165) is 35.0 Å². The quantitative estimate of drug-likeness (QED) is 0.408. The van der Waals surface area contributed by atoms with Gasteiger partial charge in [0.05, 0.1) is 6.61 Å². The van der Waals surface area contributed by atoms with Gasteiger partial charge in [0.25, 0.3) is 0 Å². The van der Waals surface area contributed by atoms with Gasteiger partial charge in [-0.1, -0.05) is 31.3 Å². The smallest absolute Gasteiger partial charge is 0.353 e. The summed E-state index contributed by atoms with van der Waals surface area (Å²) in [6.07, 6.45) is 3.56. The molecule has 0 spiro atoms. The van der Waals surface area contributed by atoms with Crippen LogP contribution in [0.2, 0.25) is 0 Å². The molecule has 0 unspecified atom stereocenters. The molecule has 21 heavy (non-hydrogen) atoms. The molecule has 5 heteroatoms. The summed E-state index contributed by atoms with van der Waals surface area (Å²) in [6.45, 7) is 7.18. The molecule has 0 aliphatic heterocycles. The number of hydrogen-bond donors (Lipinski definition) is 1. The van der Waals surface area contributed by atoms with E-state index in [9.17, 15) is 4.79 Å². The summed E-state index contributed by atoms with van der Waals surface area (Å²) < 4.78 is 6.16. The SMILES string of the molecule is CCCN/C(=C\c1c[c-]c(C)c(Br)c1)C(=O)OCCC.[Y]. The molecule has 0 saturated carbocycles. The van der Waals surface area contributed by atoms with Crippen molar-refractivity contribution in [2.24, 2.45) is 0 Å². The van der Waals surface area contributed by atoms with Gasteiger partial charge >= 0.3 is 5.97 Å². The second-order valence-corrected chi connectivity index (χ2v) is 5.38. The summed E-state index contributed by atoms with van der Waals surface area (Å²) in [5.74, 6) is -0.308. The number of nitrogens with one attached hydrogen (secondary N) is 1. The Morgan fingerprint density at radius 3 is 2.71 bits per heavy atom. The van der Waals surface area contributed by atoms with Crippen molar-refractivity contribution in [1.29, 1.82) is 0 Å². The molecular weight excluding hydrogens is 407 g/mol. The van der Waals surface area contributed by atoms with Gasteiger partial charge in [-0.15, -0.1) is 21.5 Å². The Bertz CT molecular complexity index is 489. The first-order valence-corrected chi connectivity index (χ1v) is 7.68. The largest absolute Gasteiger partial charge is 0.461 e. The number of rotatable bonds is 7. The Balaban J connectivity index is 0.00000400. The molecule has 0 saturated heterocycles. The molecule has 0 aliphatic rings. The minimum absolute atomic E-state index is 0. The summed E-state index contributed by atoms with van der Waals surface area (Å²) >= 11 is 3.47. The second-order valence-electron chi connectivity index (χ2n) is 4.53. The molecule has 0 aliphatic carbocycles. The molecule has 1 aromatic carbocycles. The summed E-state index contributed by atoms with van der Waals surface area (Å²) in [7, 11) is 0. The molecule has 0 aromatic heterocycles. The number of hydrogen-bond acceptors (Lipinski definition) is 3. The van der Waals surface area contributed by atoms with Crippen LogP contribution in [-0.4, -0.2) is 19.1 Å². The number of carbonyl (C=O) groups is 1. The van der Waals surface area contributed by atoms with Crippen molar-refractivity contribution < 1.29 is 42.2 Å². The number of carbonyl (C=O) groups excluding carboxylic acids is 1. The molecule has 1 N–H and O–H groups in total. The van der Waals surface area contributed by atoms with Gasteiger partial charge in [0, 0.05) is 39.3 Å². The van der Waals surface area contributed by atoms with E-state index in [0.29, 0.717) is 12.3 Å². The first-order chi connectivity index (χ1) is 9.58. The van der Waals surface area contributed by atoms with Crippen molar-refractivity contribution in [1.82, 2.24) is 5.32 Å². The predicted molar refractivity (Wildman–Crippen MR) is 85.2 cm³/mol. The van der Waals surface area contributed by atoms with E-state index >= 15 is 0 Å². The van der Waals surface area contributed by atoms with Gasteiger partial charge in [-0.25, -0.2) is 4.79 Å². The third-order valence-electron chi connectivity index (χ3n) is 2.64. The van der Waals surface area contributed by atoms with Crippen LogP contribution >= 0.6 is 15.9 Å². The van der Waals surface area contributed by atoms with Crippen LogP contribution in [0.1, 0.15) is 37.8 Å². The molecule has 0 fully saturated rings. The van der Waals surface area contributed by atoms with Crippen LogP contribution in [0, 0.1) is 13.0 Å². The molecule has 0 heterocycles. The van der Waals surface area contributed by atoms with Crippen LogP contribution in [0.25, 0.3) is 6.08 Å². The molecule has 3 nitrogen and oxygen atoms in total. The zero-order valence-corrected chi connectivity index (χ0v) is 17.3. The van der Waals surface area contributed by atoms with E-state index in [1.165, 1.54) is 0 Å². The second kappa shape index (κ2) is 11.4. The molecule has 1 rings (SSSR count). The third-order valence-corrected chi connectivity index (χ3v) is 3.46. The van der Waals surface area contributed by atoms with Gasteiger partial charge in [-0.2, -0.15) is 23.8 Å². The third kappa shape index (κ3) is 7.57. The first-order valence-electron chi connectivity index (χ1n) is 6.89. The summed E-state index contributed by atoms with van der Waals surface area (Å²) in [5.41, 5.74) is 2.44. The monoisotopic (exact) mass is 427 g/mol. The number of halogens is 1. The van der Waals surface area contributed by atoms with Crippen LogP contribution in [-0.2, 0) is 42.2 Å². The summed E-state index contributed by atoms with van der Waals surface area (Å²) in [6, 6.07) is 6.97. The fraction of sp³-hybridized carbons (Fsp3) is 0.438. The van der Waals surface area contributed by atoms with E-state index in [2.05, 4.69) is 34.2 Å². The van der Waals surface area contributed by atoms with Crippen molar-refractivity contribution >= 4 is 28.0 Å². The van der Waals surface area contributed by atoms with Gasteiger partial charge < -0.3 is 10.1 Å². The van der Waals surface area contributed by atoms with Crippen LogP contribution in [0.5, 0.6) is 0 Å². The van der Waals surface area contributed by atoms with E-state index in [4.69, 9.17) is 4.74 Å². The minimum Gasteiger partial charge on any atom is -0.461 e. The summed E-state index contributed by atoms with van der Waals surface area (Å²) in [4.78, 5) is 12.0. The molecule has 0 atom stereocenters. The van der Waals surface area contributed by atoms with Crippen LogP contribution < -0.4 is 5.32 Å². The first kappa shape index (κ1) is 20.8. The standard InChI is InChI=1S/C16H21BrNO2.Y/c1-4-8-18-15(16(19)20-9-5-2)11-13-7-6-12(3)14(17)10-13;/h7,10-11,18H,4-5,8-9H2,1-3H3;/q-1;/b15-11-;. The topological polar surface area (TPSA) is 38.3 Å². The fourth-order valence-electron chi connectivity index (χ4n) is 1.52. The minimum atomic E-state index is -0.308. The Hall–Kier alpha value is -0.186. The molecular formula is C16H21BrNO2Y-. The average molecular weight is 428 g/mol. The summed E-state index contributed by atoms with van der Waals surface area (Å²) in [5, 5.41) is 3.12. The Kier molecular flexibility index (Phi) is 11.3. The van der Waals surface area contributed by atoms with Gasteiger partial charge in [0.15, 0.2) is 0 Å². The van der Waals surface area contributed by atoms with Gasteiger partial charge in [-0.3, -0.25) is 0 Å². The van der Waals surface area contributed by atoms with Crippen molar-refractivity contribution in [3.05, 3.63) is 39.5 Å². The van der Waals surface area contributed by atoms with Crippen LogP contribution in [0.15, 0.2) is 22.3 Å². The fourth-order valence-corrected chi connectivity index (χ4v) is 1.90. The number of aryl methyl sites for hydroxylation is 1. The van der Waals surface area contributed by atoms with Crippen molar-refractivity contribution in [2.75, 3.05) is 13.2 Å². The Labute approximate surface area is 160 Å². The zero-order chi connectivity index (χ0) is 15.0. The van der Waals surface area contributed by atoms with Gasteiger partial charge in [-0.05, 0) is 12.8 Å². The maximum absolute atomic E-state index is 12.0. The predicted octanol–water partition coefficient (Wildman–Crippen LogP) is 3.85. The molecule has 0 amide bonds. The maximum Gasteiger partial charge on any atom is 0.353 e. The van der Waals surface area contributed by atoms with E-state index in [-0.39, 0.29) is 38.7 Å². The molecule has 1 aromatic rings. The van der Waals surface area contributed by atoms with Crippen LogP contribution in [0.4, 0.5) is 0 Å². The molecule has 1 radical (unpaired) electrons. The Morgan fingerprint density at radius 2 is 2.14 bits per heavy atom. The van der Waals surface area contributed by atoms with Crippen molar-refractivity contribution in [3.63, 3.8) is 0 Å². The van der Waals surface area contributed by atoms with E-state index < -0.39 is 0 Å².